The van der Waals surface area contributed by atoms with E-state index < -0.39 is 0 Å². The van der Waals surface area contributed by atoms with E-state index in [9.17, 15) is 4.79 Å². The minimum atomic E-state index is 0.0398. The third-order valence-electron chi connectivity index (χ3n) is 4.59. The fraction of sp³-hybridized carbons (Fsp3) is 0.250. The maximum absolute atomic E-state index is 12.2. The first-order chi connectivity index (χ1) is 12.8. The Morgan fingerprint density at radius 1 is 1.15 bits per heavy atom. The Kier molecular flexibility index (Phi) is 4.64. The summed E-state index contributed by atoms with van der Waals surface area (Å²) in [6, 6.07) is 18.1. The molecule has 1 aromatic heterocycles. The molecule has 6 nitrogen and oxygen atoms in total. The largest absolute Gasteiger partial charge is 0.489 e. The van der Waals surface area contributed by atoms with Crippen molar-refractivity contribution >= 4 is 5.91 Å². The molecule has 1 aliphatic carbocycles. The number of ether oxygens (including phenoxy) is 1. The Balaban J connectivity index is 1.27. The highest BCUT2D eigenvalue weighted by atomic mass is 16.5. The van der Waals surface area contributed by atoms with Crippen LogP contribution in [0.15, 0.2) is 60.8 Å². The molecule has 2 N–H and O–H groups in total. The molecular weight excluding hydrogens is 328 g/mol. The van der Waals surface area contributed by atoms with E-state index >= 15 is 0 Å². The summed E-state index contributed by atoms with van der Waals surface area (Å²) in [7, 11) is 0. The number of aromatic nitrogens is 3. The fourth-order valence-corrected chi connectivity index (χ4v) is 3.02. The SMILES string of the molecule is O=C(NCc1cn[nH]n1)C1CC1c1ccc(OCc2ccccc2)cc1. The summed E-state index contributed by atoms with van der Waals surface area (Å²) >= 11 is 0. The lowest BCUT2D eigenvalue weighted by atomic mass is 10.1. The molecule has 2 atom stereocenters. The van der Waals surface area contributed by atoms with E-state index in [0.29, 0.717) is 13.2 Å². The van der Waals surface area contributed by atoms with Gasteiger partial charge >= 0.3 is 0 Å². The average molecular weight is 348 g/mol. The molecule has 6 heteroatoms. The number of aromatic amines is 1. The van der Waals surface area contributed by atoms with E-state index in [1.54, 1.807) is 6.20 Å². The predicted molar refractivity (Wildman–Crippen MR) is 96.3 cm³/mol. The highest BCUT2D eigenvalue weighted by Gasteiger charge is 2.43. The van der Waals surface area contributed by atoms with Crippen molar-refractivity contribution in [2.45, 2.75) is 25.5 Å². The molecule has 1 fully saturated rings. The summed E-state index contributed by atoms with van der Waals surface area (Å²) in [4.78, 5) is 12.2. The van der Waals surface area contributed by atoms with Crippen LogP contribution in [0.2, 0.25) is 0 Å². The van der Waals surface area contributed by atoms with Gasteiger partial charge in [0.25, 0.3) is 0 Å². The normalized spacial score (nSPS) is 18.3. The van der Waals surface area contributed by atoms with Crippen molar-refractivity contribution < 1.29 is 9.53 Å². The second-order valence-electron chi connectivity index (χ2n) is 6.47. The number of nitrogens with one attached hydrogen (secondary N) is 2. The molecule has 4 rings (SSSR count). The van der Waals surface area contributed by atoms with Crippen LogP contribution in [0.1, 0.15) is 29.2 Å². The number of benzene rings is 2. The van der Waals surface area contributed by atoms with Crippen LogP contribution >= 0.6 is 0 Å². The van der Waals surface area contributed by atoms with Crippen LogP contribution in [-0.2, 0) is 17.9 Å². The van der Waals surface area contributed by atoms with Gasteiger partial charge in [0.15, 0.2) is 0 Å². The number of carbonyl (C=O) groups excluding carboxylic acids is 1. The molecule has 1 heterocycles. The molecule has 0 bridgehead atoms. The quantitative estimate of drug-likeness (QED) is 0.688. The van der Waals surface area contributed by atoms with Gasteiger partial charge in [0, 0.05) is 5.92 Å². The van der Waals surface area contributed by atoms with E-state index in [1.165, 1.54) is 5.56 Å². The van der Waals surface area contributed by atoms with Gasteiger partial charge in [-0.25, -0.2) is 0 Å². The third kappa shape index (κ3) is 3.91. The Labute approximate surface area is 151 Å². The van der Waals surface area contributed by atoms with Crippen molar-refractivity contribution in [1.82, 2.24) is 20.7 Å². The second kappa shape index (κ2) is 7.39. The van der Waals surface area contributed by atoms with Gasteiger partial charge in [0.05, 0.1) is 12.7 Å². The zero-order valence-corrected chi connectivity index (χ0v) is 14.3. The molecule has 2 aromatic carbocycles. The lowest BCUT2D eigenvalue weighted by molar-refractivity contribution is -0.122. The van der Waals surface area contributed by atoms with Crippen molar-refractivity contribution in [2.75, 3.05) is 0 Å². The Bertz CT molecular complexity index is 847. The predicted octanol–water partition coefficient (Wildman–Crippen LogP) is 2.80. The number of rotatable bonds is 7. The van der Waals surface area contributed by atoms with E-state index in [4.69, 9.17) is 4.74 Å². The number of H-pyrrole nitrogens is 1. The number of amides is 1. The van der Waals surface area contributed by atoms with Gasteiger partial charge in [0.1, 0.15) is 18.1 Å². The first-order valence-electron chi connectivity index (χ1n) is 8.68. The number of hydrogen-bond acceptors (Lipinski definition) is 4. The standard InChI is InChI=1S/C20H20N4O2/c25-20(21-11-16-12-22-24-23-16)19-10-18(19)15-6-8-17(9-7-15)26-13-14-4-2-1-3-5-14/h1-9,12,18-19H,10-11,13H2,(H,21,25)(H,22,23,24). The molecule has 26 heavy (non-hydrogen) atoms. The third-order valence-corrected chi connectivity index (χ3v) is 4.59. The number of nitrogens with zero attached hydrogens (tertiary/aromatic N) is 2. The van der Waals surface area contributed by atoms with Crippen molar-refractivity contribution in [3.63, 3.8) is 0 Å². The van der Waals surface area contributed by atoms with Gasteiger partial charge in [0.2, 0.25) is 5.91 Å². The average Bonchev–Trinajstić information content (AvgIpc) is 3.32. The van der Waals surface area contributed by atoms with Crippen molar-refractivity contribution in [2.24, 2.45) is 5.92 Å². The second-order valence-corrected chi connectivity index (χ2v) is 6.47. The molecule has 1 saturated carbocycles. The molecular formula is C20H20N4O2. The zero-order valence-electron chi connectivity index (χ0n) is 14.3. The Morgan fingerprint density at radius 2 is 1.96 bits per heavy atom. The first-order valence-corrected chi connectivity index (χ1v) is 8.68. The van der Waals surface area contributed by atoms with Crippen LogP contribution in [0.5, 0.6) is 5.75 Å². The van der Waals surface area contributed by atoms with E-state index in [0.717, 1.165) is 23.4 Å². The van der Waals surface area contributed by atoms with Gasteiger partial charge in [-0.1, -0.05) is 42.5 Å². The summed E-state index contributed by atoms with van der Waals surface area (Å²) in [6.07, 6.45) is 2.49. The summed E-state index contributed by atoms with van der Waals surface area (Å²) in [5.74, 6) is 1.24. The van der Waals surface area contributed by atoms with Gasteiger partial charge in [-0.05, 0) is 35.6 Å². The maximum atomic E-state index is 12.2. The highest BCUT2D eigenvalue weighted by molar-refractivity contribution is 5.82. The number of hydrogen-bond donors (Lipinski definition) is 2. The Hall–Kier alpha value is -3.15. The molecule has 0 aliphatic heterocycles. The van der Waals surface area contributed by atoms with Crippen LogP contribution in [0.25, 0.3) is 0 Å². The van der Waals surface area contributed by atoms with Crippen molar-refractivity contribution in [3.8, 4) is 5.75 Å². The summed E-state index contributed by atoms with van der Waals surface area (Å²) in [5, 5.41) is 13.1. The van der Waals surface area contributed by atoms with Crippen LogP contribution in [0, 0.1) is 5.92 Å². The van der Waals surface area contributed by atoms with Gasteiger partial charge < -0.3 is 10.1 Å². The van der Waals surface area contributed by atoms with Crippen LogP contribution in [0.4, 0.5) is 0 Å². The van der Waals surface area contributed by atoms with Gasteiger partial charge in [-0.2, -0.15) is 15.4 Å². The monoisotopic (exact) mass is 348 g/mol. The molecule has 0 radical (unpaired) electrons. The zero-order chi connectivity index (χ0) is 17.8. The summed E-state index contributed by atoms with van der Waals surface area (Å²) < 4.78 is 5.81. The van der Waals surface area contributed by atoms with Crippen LogP contribution in [0.3, 0.4) is 0 Å². The van der Waals surface area contributed by atoms with Gasteiger partial charge in [-0.3, -0.25) is 4.79 Å². The van der Waals surface area contributed by atoms with E-state index in [1.807, 2.05) is 42.5 Å². The highest BCUT2D eigenvalue weighted by Crippen LogP contribution is 2.47. The molecule has 1 amide bonds. The smallest absolute Gasteiger partial charge is 0.224 e. The van der Waals surface area contributed by atoms with Crippen molar-refractivity contribution in [1.29, 1.82) is 0 Å². The minimum Gasteiger partial charge on any atom is -0.489 e. The topological polar surface area (TPSA) is 79.9 Å². The summed E-state index contributed by atoms with van der Waals surface area (Å²) in [6.45, 7) is 0.960. The van der Waals surface area contributed by atoms with Crippen molar-refractivity contribution in [3.05, 3.63) is 77.6 Å². The number of carbonyl (C=O) groups is 1. The molecule has 3 aromatic rings. The minimum absolute atomic E-state index is 0.0398. The molecule has 1 aliphatic rings. The van der Waals surface area contributed by atoms with Gasteiger partial charge in [-0.15, -0.1) is 0 Å². The molecule has 0 saturated heterocycles. The lowest BCUT2D eigenvalue weighted by Crippen LogP contribution is -2.25. The molecule has 0 spiro atoms. The Morgan fingerprint density at radius 3 is 2.69 bits per heavy atom. The first kappa shape index (κ1) is 16.3. The molecule has 132 valence electrons. The van der Waals surface area contributed by atoms with Crippen LogP contribution in [-0.4, -0.2) is 21.3 Å². The fourth-order valence-electron chi connectivity index (χ4n) is 3.02. The van der Waals surface area contributed by atoms with Crippen LogP contribution < -0.4 is 10.1 Å². The summed E-state index contributed by atoms with van der Waals surface area (Å²) in [5.41, 5.74) is 3.05. The maximum Gasteiger partial charge on any atom is 0.224 e. The molecule has 2 unspecified atom stereocenters. The lowest BCUT2D eigenvalue weighted by Gasteiger charge is -2.07. The van der Waals surface area contributed by atoms with E-state index in [-0.39, 0.29) is 17.7 Å². The van der Waals surface area contributed by atoms with E-state index in [2.05, 4.69) is 32.9 Å².